The van der Waals surface area contributed by atoms with Crippen LogP contribution in [0.3, 0.4) is 0 Å². The number of ether oxygens (including phenoxy) is 1. The zero-order chi connectivity index (χ0) is 9.68. The van der Waals surface area contributed by atoms with Crippen LogP contribution in [0.25, 0.3) is 0 Å². The van der Waals surface area contributed by atoms with Gasteiger partial charge in [-0.15, -0.1) is 0 Å². The van der Waals surface area contributed by atoms with Crippen molar-refractivity contribution in [2.24, 2.45) is 0 Å². The molecule has 0 saturated heterocycles. The van der Waals surface area contributed by atoms with Gasteiger partial charge in [0, 0.05) is 6.92 Å². The highest BCUT2D eigenvalue weighted by Gasteiger charge is 1.98. The van der Waals surface area contributed by atoms with Gasteiger partial charge < -0.3 is 4.74 Å². The first-order chi connectivity index (χ1) is 6.24. The lowest BCUT2D eigenvalue weighted by Gasteiger charge is -2.04. The van der Waals surface area contributed by atoms with Gasteiger partial charge in [0.15, 0.2) is 0 Å². The van der Waals surface area contributed by atoms with Crippen LogP contribution >= 0.6 is 0 Å². The summed E-state index contributed by atoms with van der Waals surface area (Å²) >= 11 is 0. The van der Waals surface area contributed by atoms with E-state index in [-0.39, 0.29) is 0 Å². The maximum Gasteiger partial charge on any atom is 0.140 e. The van der Waals surface area contributed by atoms with E-state index in [1.807, 2.05) is 12.1 Å². The molecular formula is C12H14O. The van der Waals surface area contributed by atoms with Gasteiger partial charge in [0.05, 0.1) is 0 Å². The van der Waals surface area contributed by atoms with E-state index in [9.17, 15) is 0 Å². The fourth-order valence-electron chi connectivity index (χ4n) is 1.03. The lowest BCUT2D eigenvalue weighted by atomic mass is 10.0. The molecule has 0 aliphatic carbocycles. The van der Waals surface area contributed by atoms with Crippen molar-refractivity contribution in [2.45, 2.75) is 26.7 Å². The molecular weight excluding hydrogens is 160 g/mol. The van der Waals surface area contributed by atoms with Crippen molar-refractivity contribution in [3.63, 3.8) is 0 Å². The summed E-state index contributed by atoms with van der Waals surface area (Å²) in [6.45, 7) is 6.09. The van der Waals surface area contributed by atoms with Gasteiger partial charge in [-0.25, -0.2) is 0 Å². The molecule has 0 unspecified atom stereocenters. The summed E-state index contributed by atoms with van der Waals surface area (Å²) in [7, 11) is 0. The molecule has 0 bridgehead atoms. The SMILES string of the molecule is CC#COc1ccc(C(C)C)cc1. The van der Waals surface area contributed by atoms with Crippen molar-refractivity contribution in [3.05, 3.63) is 29.8 Å². The van der Waals surface area contributed by atoms with Gasteiger partial charge in [-0.1, -0.05) is 31.9 Å². The maximum atomic E-state index is 5.13. The second-order valence-electron chi connectivity index (χ2n) is 3.18. The summed E-state index contributed by atoms with van der Waals surface area (Å²) in [4.78, 5) is 0. The van der Waals surface area contributed by atoms with Crippen LogP contribution in [-0.2, 0) is 0 Å². The Labute approximate surface area is 79.7 Å². The summed E-state index contributed by atoms with van der Waals surface area (Å²) in [5.74, 6) is 4.05. The van der Waals surface area contributed by atoms with Gasteiger partial charge >= 0.3 is 0 Å². The third-order valence-electron chi connectivity index (χ3n) is 1.82. The third-order valence-corrected chi connectivity index (χ3v) is 1.82. The van der Waals surface area contributed by atoms with E-state index < -0.39 is 0 Å². The number of rotatable bonds is 2. The molecule has 0 atom stereocenters. The monoisotopic (exact) mass is 174 g/mol. The Bertz CT molecular complexity index is 311. The van der Waals surface area contributed by atoms with Crippen LogP contribution in [0.4, 0.5) is 0 Å². The molecule has 0 fully saturated rings. The highest BCUT2D eigenvalue weighted by molar-refractivity contribution is 5.29. The first-order valence-electron chi connectivity index (χ1n) is 4.42. The molecule has 0 aromatic heterocycles. The zero-order valence-electron chi connectivity index (χ0n) is 8.29. The standard InChI is InChI=1S/C12H14O/c1-4-9-13-12-7-5-11(6-8-12)10(2)3/h5-8,10H,1-3H3. The Balaban J connectivity index is 2.73. The number of hydrogen-bond acceptors (Lipinski definition) is 1. The Morgan fingerprint density at radius 1 is 1.15 bits per heavy atom. The molecule has 68 valence electrons. The average molecular weight is 174 g/mol. The largest absolute Gasteiger partial charge is 0.408 e. The first kappa shape index (κ1) is 9.67. The van der Waals surface area contributed by atoms with E-state index in [1.54, 1.807) is 6.92 Å². The minimum atomic E-state index is 0.561. The highest BCUT2D eigenvalue weighted by Crippen LogP contribution is 2.18. The number of benzene rings is 1. The minimum Gasteiger partial charge on any atom is -0.408 e. The van der Waals surface area contributed by atoms with Crippen LogP contribution in [0.2, 0.25) is 0 Å². The van der Waals surface area contributed by atoms with E-state index in [1.165, 1.54) is 5.56 Å². The Hall–Kier alpha value is -1.42. The lowest BCUT2D eigenvalue weighted by molar-refractivity contribution is 0.519. The zero-order valence-corrected chi connectivity index (χ0v) is 8.29. The molecule has 1 heteroatoms. The topological polar surface area (TPSA) is 9.23 Å². The summed E-state index contributed by atoms with van der Waals surface area (Å²) in [6.07, 6.45) is 2.56. The van der Waals surface area contributed by atoms with Crippen molar-refractivity contribution in [3.8, 4) is 17.8 Å². The normalized spacial score (nSPS) is 9.23. The quantitative estimate of drug-likeness (QED) is 0.626. The molecule has 1 nitrogen and oxygen atoms in total. The minimum absolute atomic E-state index is 0.561. The first-order valence-corrected chi connectivity index (χ1v) is 4.42. The average Bonchev–Trinajstić information content (AvgIpc) is 2.15. The van der Waals surface area contributed by atoms with E-state index in [0.717, 1.165) is 5.75 Å². The van der Waals surface area contributed by atoms with Gasteiger partial charge in [-0.2, -0.15) is 0 Å². The van der Waals surface area contributed by atoms with Crippen molar-refractivity contribution in [1.29, 1.82) is 0 Å². The fraction of sp³-hybridized carbons (Fsp3) is 0.333. The summed E-state index contributed by atoms with van der Waals surface area (Å²) in [5.41, 5.74) is 1.32. The molecule has 0 saturated carbocycles. The highest BCUT2D eigenvalue weighted by atomic mass is 16.5. The predicted molar refractivity (Wildman–Crippen MR) is 54.6 cm³/mol. The van der Waals surface area contributed by atoms with Gasteiger partial charge in [-0.3, -0.25) is 0 Å². The van der Waals surface area contributed by atoms with Crippen LogP contribution in [0.15, 0.2) is 24.3 Å². The van der Waals surface area contributed by atoms with Crippen LogP contribution < -0.4 is 4.74 Å². The van der Waals surface area contributed by atoms with E-state index in [2.05, 4.69) is 38.0 Å². The van der Waals surface area contributed by atoms with Gasteiger partial charge in [0.1, 0.15) is 11.9 Å². The van der Waals surface area contributed by atoms with Gasteiger partial charge in [0.25, 0.3) is 0 Å². The molecule has 0 heterocycles. The van der Waals surface area contributed by atoms with E-state index in [0.29, 0.717) is 5.92 Å². The van der Waals surface area contributed by atoms with Gasteiger partial charge in [-0.05, 0) is 23.6 Å². The van der Waals surface area contributed by atoms with Crippen LogP contribution in [0.5, 0.6) is 5.75 Å². The summed E-state index contributed by atoms with van der Waals surface area (Å²) in [5, 5.41) is 0. The summed E-state index contributed by atoms with van der Waals surface area (Å²) < 4.78 is 5.13. The van der Waals surface area contributed by atoms with Crippen molar-refractivity contribution >= 4 is 0 Å². The van der Waals surface area contributed by atoms with Crippen LogP contribution in [-0.4, -0.2) is 0 Å². The van der Waals surface area contributed by atoms with Crippen molar-refractivity contribution in [1.82, 2.24) is 0 Å². The molecule has 13 heavy (non-hydrogen) atoms. The van der Waals surface area contributed by atoms with Crippen molar-refractivity contribution in [2.75, 3.05) is 0 Å². The third kappa shape index (κ3) is 2.83. The smallest absolute Gasteiger partial charge is 0.140 e. The Morgan fingerprint density at radius 3 is 2.23 bits per heavy atom. The molecule has 1 aromatic carbocycles. The molecule has 0 radical (unpaired) electrons. The second kappa shape index (κ2) is 4.57. The van der Waals surface area contributed by atoms with Crippen molar-refractivity contribution < 1.29 is 4.74 Å². The van der Waals surface area contributed by atoms with E-state index in [4.69, 9.17) is 4.74 Å². The second-order valence-corrected chi connectivity index (χ2v) is 3.18. The summed E-state index contributed by atoms with van der Waals surface area (Å²) in [6, 6.07) is 8.02. The molecule has 0 spiro atoms. The van der Waals surface area contributed by atoms with Crippen LogP contribution in [0, 0.1) is 12.0 Å². The van der Waals surface area contributed by atoms with E-state index >= 15 is 0 Å². The van der Waals surface area contributed by atoms with Crippen LogP contribution in [0.1, 0.15) is 32.3 Å². The van der Waals surface area contributed by atoms with Gasteiger partial charge in [0.2, 0.25) is 0 Å². The maximum absolute atomic E-state index is 5.13. The molecule has 1 rings (SSSR count). The lowest BCUT2D eigenvalue weighted by Crippen LogP contribution is -1.87. The predicted octanol–water partition coefficient (Wildman–Crippen LogP) is 3.17. The molecule has 0 N–H and O–H groups in total. The number of hydrogen-bond donors (Lipinski definition) is 0. The molecule has 0 amide bonds. The Kier molecular flexibility index (Phi) is 3.40. The fourth-order valence-corrected chi connectivity index (χ4v) is 1.03. The molecule has 0 aliphatic rings. The molecule has 1 aromatic rings. The molecule has 0 aliphatic heterocycles. The Morgan fingerprint density at radius 2 is 1.77 bits per heavy atom.